The van der Waals surface area contributed by atoms with Gasteiger partial charge in [-0.05, 0) is 69.0 Å². The monoisotopic (exact) mass is 502 g/mol. The third-order valence-electron chi connectivity index (χ3n) is 4.99. The number of hydrogen-bond acceptors (Lipinski definition) is 4. The van der Waals surface area contributed by atoms with Crippen molar-refractivity contribution in [3.63, 3.8) is 0 Å². The van der Waals surface area contributed by atoms with Crippen LogP contribution in [-0.4, -0.2) is 18.2 Å². The number of hydrazone groups is 1. The van der Waals surface area contributed by atoms with Crippen LogP contribution in [0.15, 0.2) is 101 Å². The first-order valence-corrected chi connectivity index (χ1v) is 11.4. The fourth-order valence-corrected chi connectivity index (χ4v) is 3.89. The van der Waals surface area contributed by atoms with Crippen LogP contribution in [0.1, 0.15) is 18.9 Å². The Bertz CT molecular complexity index is 1270. The van der Waals surface area contributed by atoms with Crippen molar-refractivity contribution in [2.45, 2.75) is 19.4 Å². The molecule has 0 aliphatic heterocycles. The molecule has 1 amide bonds. The molecule has 0 aliphatic carbocycles. The predicted octanol–water partition coefficient (Wildman–Crippen LogP) is 6.70. The Morgan fingerprint density at radius 3 is 2.55 bits per heavy atom. The third-order valence-corrected chi connectivity index (χ3v) is 5.80. The van der Waals surface area contributed by atoms with Crippen molar-refractivity contribution >= 4 is 38.8 Å². The van der Waals surface area contributed by atoms with E-state index in [4.69, 9.17) is 9.47 Å². The highest BCUT2D eigenvalue weighted by Crippen LogP contribution is 2.33. The maximum atomic E-state index is 12.7. The van der Waals surface area contributed by atoms with Crippen LogP contribution in [-0.2, 0) is 4.79 Å². The summed E-state index contributed by atoms with van der Waals surface area (Å²) in [4.78, 5) is 12.7. The van der Waals surface area contributed by atoms with Crippen molar-refractivity contribution < 1.29 is 14.3 Å². The maximum absolute atomic E-state index is 12.7. The summed E-state index contributed by atoms with van der Waals surface area (Å²) >= 11 is 3.60. The molecule has 0 unspecified atom stereocenters. The van der Waals surface area contributed by atoms with E-state index >= 15 is 0 Å². The van der Waals surface area contributed by atoms with Gasteiger partial charge in [0.15, 0.2) is 6.10 Å². The summed E-state index contributed by atoms with van der Waals surface area (Å²) in [6.45, 7) is 1.90. The second kappa shape index (κ2) is 10.8. The Balaban J connectivity index is 1.39. The number of carbonyl (C=O) groups excluding carboxylic acids is 1. The van der Waals surface area contributed by atoms with E-state index in [2.05, 4.69) is 26.5 Å². The van der Waals surface area contributed by atoms with Gasteiger partial charge in [0.2, 0.25) is 0 Å². The molecule has 1 N–H and O–H groups in total. The minimum atomic E-state index is -0.674. The minimum Gasteiger partial charge on any atom is -0.479 e. The van der Waals surface area contributed by atoms with Gasteiger partial charge in [-0.1, -0.05) is 67.6 Å². The zero-order valence-electron chi connectivity index (χ0n) is 18.1. The average molecular weight is 503 g/mol. The quantitative estimate of drug-likeness (QED) is 0.215. The first-order chi connectivity index (χ1) is 16.1. The maximum Gasteiger partial charge on any atom is 0.281 e. The molecule has 0 aliphatic rings. The lowest BCUT2D eigenvalue weighted by molar-refractivity contribution is -0.128. The molecule has 4 aromatic rings. The molecule has 0 saturated heterocycles. The largest absolute Gasteiger partial charge is 0.479 e. The molecule has 5 nitrogen and oxygen atoms in total. The number of rotatable bonds is 8. The Kier molecular flexibility index (Phi) is 7.37. The van der Waals surface area contributed by atoms with Crippen molar-refractivity contribution in [1.29, 1.82) is 0 Å². The van der Waals surface area contributed by atoms with Crippen LogP contribution in [0.2, 0.25) is 0 Å². The molecule has 0 heterocycles. The third kappa shape index (κ3) is 5.79. The fourth-order valence-electron chi connectivity index (χ4n) is 3.31. The number of nitrogens with zero attached hydrogens (tertiary/aromatic N) is 1. The number of ether oxygens (including phenoxy) is 2. The van der Waals surface area contributed by atoms with Crippen molar-refractivity contribution in [3.05, 3.63) is 101 Å². The van der Waals surface area contributed by atoms with Crippen LogP contribution < -0.4 is 14.9 Å². The van der Waals surface area contributed by atoms with Crippen LogP contribution in [0.3, 0.4) is 0 Å². The van der Waals surface area contributed by atoms with Crippen molar-refractivity contribution in [2.75, 3.05) is 0 Å². The van der Waals surface area contributed by atoms with Gasteiger partial charge in [0.1, 0.15) is 17.2 Å². The number of para-hydroxylation sites is 1. The van der Waals surface area contributed by atoms with E-state index in [0.29, 0.717) is 17.9 Å². The molecule has 0 radical (unpaired) electrons. The summed E-state index contributed by atoms with van der Waals surface area (Å²) in [5.41, 5.74) is 3.38. The Labute approximate surface area is 201 Å². The lowest BCUT2D eigenvalue weighted by Gasteiger charge is -2.17. The first kappa shape index (κ1) is 22.6. The Morgan fingerprint density at radius 1 is 0.970 bits per heavy atom. The zero-order chi connectivity index (χ0) is 23.0. The summed E-state index contributed by atoms with van der Waals surface area (Å²) < 4.78 is 12.7. The summed E-state index contributed by atoms with van der Waals surface area (Å²) in [6.07, 6.45) is 1.41. The second-order valence-electron chi connectivity index (χ2n) is 7.34. The predicted molar refractivity (Wildman–Crippen MR) is 135 cm³/mol. The van der Waals surface area contributed by atoms with E-state index < -0.39 is 6.10 Å². The smallest absolute Gasteiger partial charge is 0.281 e. The molecule has 1 atom stereocenters. The number of halogens is 1. The number of fused-ring (bicyclic) bond motifs is 1. The highest BCUT2D eigenvalue weighted by molar-refractivity contribution is 9.10. The van der Waals surface area contributed by atoms with Crippen LogP contribution in [0.4, 0.5) is 0 Å². The SMILES string of the molecule is CC[C@@H](Oc1ccc2ccccc2c1Br)C(=O)N/N=C\c1cccc(Oc2ccccc2)c1. The lowest BCUT2D eigenvalue weighted by atomic mass is 10.1. The highest BCUT2D eigenvalue weighted by Gasteiger charge is 2.19. The first-order valence-electron chi connectivity index (χ1n) is 10.6. The number of nitrogens with one attached hydrogen (secondary N) is 1. The molecule has 0 bridgehead atoms. The molecule has 6 heteroatoms. The van der Waals surface area contributed by atoms with Gasteiger partial charge in [0.25, 0.3) is 5.91 Å². The number of carbonyl (C=O) groups is 1. The van der Waals surface area contributed by atoms with E-state index in [1.807, 2.05) is 97.9 Å². The Hall–Kier alpha value is -3.64. The molecule has 0 fully saturated rings. The van der Waals surface area contributed by atoms with Gasteiger partial charge in [-0.2, -0.15) is 5.10 Å². The highest BCUT2D eigenvalue weighted by atomic mass is 79.9. The fraction of sp³-hybridized carbons (Fsp3) is 0.111. The molecule has 4 aromatic carbocycles. The van der Waals surface area contributed by atoms with Gasteiger partial charge in [0.05, 0.1) is 10.7 Å². The molecule has 4 rings (SSSR count). The van der Waals surface area contributed by atoms with Gasteiger partial charge in [-0.15, -0.1) is 0 Å². The molecular formula is C27H23BrN2O3. The molecule has 33 heavy (non-hydrogen) atoms. The van der Waals surface area contributed by atoms with Crippen molar-refractivity contribution in [2.24, 2.45) is 5.10 Å². The van der Waals surface area contributed by atoms with Crippen LogP contribution in [0.25, 0.3) is 10.8 Å². The number of benzene rings is 4. The summed E-state index contributed by atoms with van der Waals surface area (Å²) in [6, 6.07) is 28.8. The van der Waals surface area contributed by atoms with E-state index in [1.165, 1.54) is 0 Å². The van der Waals surface area contributed by atoms with Gasteiger partial charge in [-0.3, -0.25) is 4.79 Å². The summed E-state index contributed by atoms with van der Waals surface area (Å²) in [7, 11) is 0. The lowest BCUT2D eigenvalue weighted by Crippen LogP contribution is -2.35. The second-order valence-corrected chi connectivity index (χ2v) is 8.13. The van der Waals surface area contributed by atoms with Gasteiger partial charge < -0.3 is 9.47 Å². The molecule has 166 valence electrons. The zero-order valence-corrected chi connectivity index (χ0v) is 19.7. The van der Waals surface area contributed by atoms with Gasteiger partial charge in [0, 0.05) is 0 Å². The van der Waals surface area contributed by atoms with Crippen LogP contribution >= 0.6 is 15.9 Å². The van der Waals surface area contributed by atoms with E-state index in [-0.39, 0.29) is 5.91 Å². The van der Waals surface area contributed by atoms with Crippen LogP contribution in [0, 0.1) is 0 Å². The molecule has 0 spiro atoms. The summed E-state index contributed by atoms with van der Waals surface area (Å²) in [5, 5.41) is 6.22. The van der Waals surface area contributed by atoms with Gasteiger partial charge in [-0.25, -0.2) is 5.43 Å². The summed E-state index contributed by atoms with van der Waals surface area (Å²) in [5.74, 6) is 1.74. The molecular weight excluding hydrogens is 480 g/mol. The normalized spacial score (nSPS) is 11.9. The van der Waals surface area contributed by atoms with E-state index in [1.54, 1.807) is 6.21 Å². The topological polar surface area (TPSA) is 59.9 Å². The molecule has 0 aromatic heterocycles. The van der Waals surface area contributed by atoms with Gasteiger partial charge >= 0.3 is 0 Å². The minimum absolute atomic E-state index is 0.314. The number of hydrogen-bond donors (Lipinski definition) is 1. The number of amides is 1. The Morgan fingerprint density at radius 2 is 1.73 bits per heavy atom. The van der Waals surface area contributed by atoms with Crippen LogP contribution in [0.5, 0.6) is 17.2 Å². The molecule has 0 saturated carbocycles. The van der Waals surface area contributed by atoms with Crippen molar-refractivity contribution in [1.82, 2.24) is 5.43 Å². The van der Waals surface area contributed by atoms with Crippen molar-refractivity contribution in [3.8, 4) is 17.2 Å². The average Bonchev–Trinajstić information content (AvgIpc) is 2.85. The van der Waals surface area contributed by atoms with E-state index in [9.17, 15) is 4.79 Å². The van der Waals surface area contributed by atoms with E-state index in [0.717, 1.165) is 26.6 Å². The standard InChI is InChI=1S/C27H23BrN2O3/c1-2-24(33-25-16-15-20-10-6-7-14-23(20)26(25)28)27(31)30-29-18-19-9-8-13-22(17-19)32-21-11-4-3-5-12-21/h3-18,24H,2H2,1H3,(H,30,31)/b29-18-/t24-/m1/s1.